The first-order valence-corrected chi connectivity index (χ1v) is 7.30. The molecule has 1 aliphatic heterocycles. The van der Waals surface area contributed by atoms with Crippen LogP contribution in [0.5, 0.6) is 0 Å². The highest BCUT2D eigenvalue weighted by Crippen LogP contribution is 2.19. The monoisotopic (exact) mass is 253 g/mol. The fourth-order valence-corrected chi connectivity index (χ4v) is 3.51. The molecular formula is C9H16ClNO3S. The van der Waals surface area contributed by atoms with Crippen molar-refractivity contribution in [3.8, 4) is 0 Å². The van der Waals surface area contributed by atoms with Gasteiger partial charge in [-0.1, -0.05) is 6.42 Å². The van der Waals surface area contributed by atoms with Crippen LogP contribution in [0.4, 0.5) is 0 Å². The number of halogens is 1. The van der Waals surface area contributed by atoms with Crippen LogP contribution in [0.1, 0.15) is 26.2 Å². The average molecular weight is 254 g/mol. The van der Waals surface area contributed by atoms with Gasteiger partial charge in [0.05, 0.1) is 5.75 Å². The molecule has 1 N–H and O–H groups in total. The third-order valence-electron chi connectivity index (χ3n) is 2.49. The number of hydrogen-bond acceptors (Lipinski definition) is 3. The lowest BCUT2D eigenvalue weighted by atomic mass is 10.2. The second-order valence-corrected chi connectivity index (χ2v) is 6.53. The predicted octanol–water partition coefficient (Wildman–Crippen LogP) is 0.697. The smallest absolute Gasteiger partial charge is 0.238 e. The van der Waals surface area contributed by atoms with Crippen LogP contribution >= 0.6 is 11.6 Å². The molecule has 15 heavy (non-hydrogen) atoms. The Labute approximate surface area is 95.3 Å². The number of carbonyl (C=O) groups excluding carboxylic acids is 1. The summed E-state index contributed by atoms with van der Waals surface area (Å²) in [6, 6.07) is -0.184. The van der Waals surface area contributed by atoms with Crippen molar-refractivity contribution in [2.45, 2.75) is 37.5 Å². The molecule has 2 atom stereocenters. The Bertz CT molecular complexity index is 328. The molecule has 0 spiro atoms. The van der Waals surface area contributed by atoms with Gasteiger partial charge in [0.25, 0.3) is 0 Å². The normalized spacial score (nSPS) is 26.9. The summed E-state index contributed by atoms with van der Waals surface area (Å²) in [6.45, 7) is 1.75. The second kappa shape index (κ2) is 5.16. The number of amides is 1. The summed E-state index contributed by atoms with van der Waals surface area (Å²) in [5.41, 5.74) is 0. The van der Waals surface area contributed by atoms with Crippen LogP contribution in [0.3, 0.4) is 0 Å². The molecule has 1 aliphatic rings. The summed E-state index contributed by atoms with van der Waals surface area (Å²) in [7, 11) is -3.23. The fraction of sp³-hybridized carbons (Fsp3) is 0.889. The van der Waals surface area contributed by atoms with E-state index >= 15 is 0 Å². The maximum atomic E-state index is 11.6. The van der Waals surface area contributed by atoms with E-state index in [1.54, 1.807) is 6.92 Å². The quantitative estimate of drug-likeness (QED) is 0.753. The third-order valence-corrected chi connectivity index (χ3v) is 5.13. The standard InChI is InChI=1S/C9H16ClNO3S/c1-7(6-10)11-9(12)8-4-2-3-5-15(8,13)14/h7-8H,2-6H2,1H3,(H,11,12). The first-order valence-electron chi connectivity index (χ1n) is 5.05. The summed E-state index contributed by atoms with van der Waals surface area (Å²) >= 11 is 5.54. The van der Waals surface area contributed by atoms with E-state index in [-0.39, 0.29) is 11.8 Å². The molecule has 6 heteroatoms. The zero-order chi connectivity index (χ0) is 11.5. The van der Waals surface area contributed by atoms with Crippen molar-refractivity contribution in [1.82, 2.24) is 5.32 Å². The van der Waals surface area contributed by atoms with Gasteiger partial charge in [0.1, 0.15) is 5.25 Å². The van der Waals surface area contributed by atoms with Gasteiger partial charge >= 0.3 is 0 Å². The predicted molar refractivity (Wildman–Crippen MR) is 59.8 cm³/mol. The van der Waals surface area contributed by atoms with Crippen LogP contribution in [0.2, 0.25) is 0 Å². The zero-order valence-corrected chi connectivity index (χ0v) is 10.3. The Morgan fingerprint density at radius 1 is 1.53 bits per heavy atom. The number of carbonyl (C=O) groups is 1. The number of sulfone groups is 1. The number of hydrogen-bond donors (Lipinski definition) is 1. The summed E-state index contributed by atoms with van der Waals surface area (Å²) < 4.78 is 23.2. The molecule has 1 saturated heterocycles. The number of nitrogens with one attached hydrogen (secondary N) is 1. The lowest BCUT2D eigenvalue weighted by Crippen LogP contribution is -2.46. The molecule has 1 heterocycles. The molecule has 0 radical (unpaired) electrons. The molecule has 0 aromatic rings. The van der Waals surface area contributed by atoms with Crippen molar-refractivity contribution in [2.75, 3.05) is 11.6 Å². The van der Waals surface area contributed by atoms with Gasteiger partial charge in [0.15, 0.2) is 9.84 Å². The Balaban J connectivity index is 2.65. The highest BCUT2D eigenvalue weighted by molar-refractivity contribution is 7.92. The third kappa shape index (κ3) is 3.34. The van der Waals surface area contributed by atoms with Crippen LogP contribution < -0.4 is 5.32 Å². The number of alkyl halides is 1. The lowest BCUT2D eigenvalue weighted by Gasteiger charge is -2.22. The van der Waals surface area contributed by atoms with E-state index in [1.807, 2.05) is 0 Å². The van der Waals surface area contributed by atoms with E-state index in [1.165, 1.54) is 0 Å². The molecule has 1 fully saturated rings. The van der Waals surface area contributed by atoms with E-state index in [4.69, 9.17) is 11.6 Å². The van der Waals surface area contributed by atoms with E-state index in [0.29, 0.717) is 18.7 Å². The van der Waals surface area contributed by atoms with Crippen LogP contribution in [-0.2, 0) is 14.6 Å². The van der Waals surface area contributed by atoms with E-state index in [2.05, 4.69) is 5.32 Å². The van der Waals surface area contributed by atoms with Gasteiger partial charge < -0.3 is 5.32 Å². The van der Waals surface area contributed by atoms with Crippen LogP contribution in [0, 0.1) is 0 Å². The van der Waals surface area contributed by atoms with Crippen LogP contribution in [0.15, 0.2) is 0 Å². The Morgan fingerprint density at radius 2 is 2.20 bits per heavy atom. The first kappa shape index (κ1) is 12.8. The molecule has 88 valence electrons. The molecule has 0 saturated carbocycles. The molecule has 4 nitrogen and oxygen atoms in total. The Kier molecular flexibility index (Phi) is 4.40. The van der Waals surface area contributed by atoms with Crippen LogP contribution in [-0.4, -0.2) is 37.2 Å². The minimum atomic E-state index is -3.23. The van der Waals surface area contributed by atoms with Gasteiger partial charge in [-0.25, -0.2) is 8.42 Å². The Morgan fingerprint density at radius 3 is 2.73 bits per heavy atom. The van der Waals surface area contributed by atoms with Crippen molar-refractivity contribution in [2.24, 2.45) is 0 Å². The average Bonchev–Trinajstić information content (AvgIpc) is 2.16. The summed E-state index contributed by atoms with van der Waals surface area (Å²) in [5, 5.41) is 1.74. The van der Waals surface area contributed by atoms with Crippen molar-refractivity contribution in [1.29, 1.82) is 0 Å². The van der Waals surface area contributed by atoms with Gasteiger partial charge in [0, 0.05) is 11.9 Å². The summed E-state index contributed by atoms with van der Waals surface area (Å²) in [4.78, 5) is 11.6. The lowest BCUT2D eigenvalue weighted by molar-refractivity contribution is -0.121. The molecule has 1 amide bonds. The highest BCUT2D eigenvalue weighted by Gasteiger charge is 2.34. The van der Waals surface area contributed by atoms with Crippen molar-refractivity contribution < 1.29 is 13.2 Å². The van der Waals surface area contributed by atoms with Gasteiger partial charge in [-0.15, -0.1) is 11.6 Å². The largest absolute Gasteiger partial charge is 0.351 e. The minimum absolute atomic E-state index is 0.125. The fourth-order valence-electron chi connectivity index (χ4n) is 1.62. The summed E-state index contributed by atoms with van der Waals surface area (Å²) in [5.74, 6) is 0.0154. The van der Waals surface area contributed by atoms with Crippen molar-refractivity contribution >= 4 is 27.3 Å². The first-order chi connectivity index (χ1) is 6.97. The molecular weight excluding hydrogens is 238 g/mol. The van der Waals surface area contributed by atoms with E-state index < -0.39 is 21.0 Å². The minimum Gasteiger partial charge on any atom is -0.351 e. The topological polar surface area (TPSA) is 63.2 Å². The summed E-state index contributed by atoms with van der Waals surface area (Å²) in [6.07, 6.45) is 1.90. The SMILES string of the molecule is CC(CCl)NC(=O)C1CCCCS1(=O)=O. The van der Waals surface area contributed by atoms with E-state index in [0.717, 1.165) is 6.42 Å². The van der Waals surface area contributed by atoms with Crippen molar-refractivity contribution in [3.63, 3.8) is 0 Å². The van der Waals surface area contributed by atoms with Gasteiger partial charge in [-0.2, -0.15) is 0 Å². The maximum Gasteiger partial charge on any atom is 0.238 e. The van der Waals surface area contributed by atoms with Crippen molar-refractivity contribution in [3.05, 3.63) is 0 Å². The highest BCUT2D eigenvalue weighted by atomic mass is 35.5. The molecule has 1 rings (SSSR count). The van der Waals surface area contributed by atoms with E-state index in [9.17, 15) is 13.2 Å². The molecule has 0 bridgehead atoms. The molecule has 0 aliphatic carbocycles. The zero-order valence-electron chi connectivity index (χ0n) is 8.70. The maximum absolute atomic E-state index is 11.6. The molecule has 2 unspecified atom stereocenters. The second-order valence-electron chi connectivity index (χ2n) is 3.92. The Hall–Kier alpha value is -0.290. The van der Waals surface area contributed by atoms with Gasteiger partial charge in [0.2, 0.25) is 5.91 Å². The van der Waals surface area contributed by atoms with Gasteiger partial charge in [-0.3, -0.25) is 4.79 Å². The number of rotatable bonds is 3. The van der Waals surface area contributed by atoms with Crippen LogP contribution in [0.25, 0.3) is 0 Å². The van der Waals surface area contributed by atoms with Gasteiger partial charge in [-0.05, 0) is 19.8 Å². The molecule has 0 aromatic heterocycles. The molecule has 0 aromatic carbocycles.